The predicted octanol–water partition coefficient (Wildman–Crippen LogP) is 2.33. The van der Waals surface area contributed by atoms with Crippen molar-refractivity contribution >= 4 is 0 Å². The first-order valence-corrected chi connectivity index (χ1v) is 5.82. The van der Waals surface area contributed by atoms with Crippen molar-refractivity contribution in [3.05, 3.63) is 24.0 Å². The van der Waals surface area contributed by atoms with Crippen LogP contribution in [-0.4, -0.2) is 28.9 Å². The second-order valence-corrected chi connectivity index (χ2v) is 4.83. The van der Waals surface area contributed by atoms with Crippen molar-refractivity contribution < 1.29 is 14.6 Å². The van der Waals surface area contributed by atoms with Crippen LogP contribution in [0, 0.1) is 0 Å². The lowest BCUT2D eigenvalue weighted by Gasteiger charge is -2.22. The Morgan fingerprint density at radius 3 is 2.65 bits per heavy atom. The number of nitrogens with zero attached hydrogens (tertiary/aromatic N) is 1. The van der Waals surface area contributed by atoms with Gasteiger partial charge in [-0.2, -0.15) is 0 Å². The molecule has 1 heterocycles. The van der Waals surface area contributed by atoms with E-state index in [2.05, 4.69) is 4.98 Å². The van der Waals surface area contributed by atoms with Gasteiger partial charge in [0, 0.05) is 11.8 Å². The number of ether oxygens (including phenoxy) is 2. The highest BCUT2D eigenvalue weighted by Crippen LogP contribution is 2.19. The van der Waals surface area contributed by atoms with Gasteiger partial charge in [-0.3, -0.25) is 4.98 Å². The molecule has 1 N–H and O–H groups in total. The van der Waals surface area contributed by atoms with Crippen molar-refractivity contribution in [3.8, 4) is 5.75 Å². The fourth-order valence-corrected chi connectivity index (χ4v) is 1.29. The molecule has 1 aromatic heterocycles. The summed E-state index contributed by atoms with van der Waals surface area (Å²) in [5, 5.41) is 9.96. The van der Waals surface area contributed by atoms with Gasteiger partial charge in [-0.1, -0.05) is 0 Å². The van der Waals surface area contributed by atoms with E-state index in [1.807, 2.05) is 27.7 Å². The molecule has 0 spiro atoms. The summed E-state index contributed by atoms with van der Waals surface area (Å²) in [6.45, 7) is 8.60. The van der Waals surface area contributed by atoms with Crippen LogP contribution in [0.1, 0.15) is 39.4 Å². The normalized spacial score (nSPS) is 13.5. The van der Waals surface area contributed by atoms with Crippen molar-refractivity contribution in [3.63, 3.8) is 0 Å². The van der Waals surface area contributed by atoms with Crippen molar-refractivity contribution in [2.75, 3.05) is 13.2 Å². The van der Waals surface area contributed by atoms with E-state index in [0.717, 1.165) is 0 Å². The van der Waals surface area contributed by atoms with Gasteiger partial charge in [0.15, 0.2) is 0 Å². The van der Waals surface area contributed by atoms with Crippen molar-refractivity contribution in [1.82, 2.24) is 4.98 Å². The maximum Gasteiger partial charge on any atom is 0.137 e. The molecule has 1 atom stereocenters. The SMILES string of the molecule is CCOc1cncc(C(O)COC(C)(C)C)c1. The Kier molecular flexibility index (Phi) is 4.90. The summed E-state index contributed by atoms with van der Waals surface area (Å²) in [5.74, 6) is 0.666. The summed E-state index contributed by atoms with van der Waals surface area (Å²) in [4.78, 5) is 4.03. The van der Waals surface area contributed by atoms with E-state index >= 15 is 0 Å². The van der Waals surface area contributed by atoms with E-state index < -0.39 is 6.10 Å². The monoisotopic (exact) mass is 239 g/mol. The van der Waals surface area contributed by atoms with E-state index in [1.165, 1.54) is 0 Å². The van der Waals surface area contributed by atoms with Crippen LogP contribution >= 0.6 is 0 Å². The quantitative estimate of drug-likeness (QED) is 0.856. The third-order valence-electron chi connectivity index (χ3n) is 2.10. The van der Waals surface area contributed by atoms with Gasteiger partial charge in [0.25, 0.3) is 0 Å². The molecular formula is C13H21NO3. The second kappa shape index (κ2) is 5.98. The minimum atomic E-state index is -0.679. The molecule has 0 aliphatic rings. The first kappa shape index (κ1) is 13.9. The zero-order chi connectivity index (χ0) is 12.9. The number of hydrogen-bond acceptors (Lipinski definition) is 4. The van der Waals surface area contributed by atoms with Crippen molar-refractivity contribution in [1.29, 1.82) is 0 Å². The molecule has 0 fully saturated rings. The molecule has 1 unspecified atom stereocenters. The standard InChI is InChI=1S/C13H21NO3/c1-5-16-11-6-10(7-14-8-11)12(15)9-17-13(2,3)4/h6-8,12,15H,5,9H2,1-4H3. The third kappa shape index (κ3) is 5.15. The minimum absolute atomic E-state index is 0.251. The van der Waals surface area contributed by atoms with Crippen LogP contribution in [0.3, 0.4) is 0 Å². The molecule has 0 bridgehead atoms. The van der Waals surface area contributed by atoms with Gasteiger partial charge in [0.2, 0.25) is 0 Å². The average Bonchev–Trinajstić information content (AvgIpc) is 2.26. The van der Waals surface area contributed by atoms with E-state index in [1.54, 1.807) is 18.5 Å². The fourth-order valence-electron chi connectivity index (χ4n) is 1.29. The Morgan fingerprint density at radius 2 is 2.06 bits per heavy atom. The molecule has 4 heteroatoms. The van der Waals surface area contributed by atoms with Gasteiger partial charge in [-0.05, 0) is 33.8 Å². The van der Waals surface area contributed by atoms with Gasteiger partial charge in [-0.25, -0.2) is 0 Å². The van der Waals surface area contributed by atoms with E-state index in [0.29, 0.717) is 17.9 Å². The summed E-state index contributed by atoms with van der Waals surface area (Å²) < 4.78 is 10.9. The van der Waals surface area contributed by atoms with Crippen LogP contribution in [0.15, 0.2) is 18.5 Å². The van der Waals surface area contributed by atoms with Crippen LogP contribution in [-0.2, 0) is 4.74 Å². The van der Waals surface area contributed by atoms with Gasteiger partial charge in [0.1, 0.15) is 11.9 Å². The maximum atomic E-state index is 9.96. The Morgan fingerprint density at radius 1 is 1.35 bits per heavy atom. The molecule has 1 rings (SSSR count). The molecule has 96 valence electrons. The molecule has 0 amide bonds. The van der Waals surface area contributed by atoms with Crippen molar-refractivity contribution in [2.24, 2.45) is 0 Å². The van der Waals surface area contributed by atoms with Gasteiger partial charge in [-0.15, -0.1) is 0 Å². The average molecular weight is 239 g/mol. The first-order valence-electron chi connectivity index (χ1n) is 5.82. The summed E-state index contributed by atoms with van der Waals surface area (Å²) in [7, 11) is 0. The Bertz CT molecular complexity index is 347. The highest BCUT2D eigenvalue weighted by Gasteiger charge is 2.15. The summed E-state index contributed by atoms with van der Waals surface area (Å²) >= 11 is 0. The molecule has 0 aromatic carbocycles. The number of aliphatic hydroxyl groups is 1. The lowest BCUT2D eigenvalue weighted by Crippen LogP contribution is -2.22. The third-order valence-corrected chi connectivity index (χ3v) is 2.10. The number of pyridine rings is 1. The number of rotatable bonds is 5. The zero-order valence-corrected chi connectivity index (χ0v) is 10.9. The lowest BCUT2D eigenvalue weighted by atomic mass is 10.1. The molecule has 4 nitrogen and oxygen atoms in total. The highest BCUT2D eigenvalue weighted by atomic mass is 16.5. The molecule has 0 saturated carbocycles. The number of aliphatic hydroxyl groups excluding tert-OH is 1. The van der Waals surface area contributed by atoms with E-state index in [-0.39, 0.29) is 12.2 Å². The number of aromatic nitrogens is 1. The van der Waals surface area contributed by atoms with Crippen LogP contribution < -0.4 is 4.74 Å². The Labute approximate surface area is 103 Å². The van der Waals surface area contributed by atoms with Gasteiger partial charge >= 0.3 is 0 Å². The second-order valence-electron chi connectivity index (χ2n) is 4.83. The summed E-state index contributed by atoms with van der Waals surface area (Å²) in [6.07, 6.45) is 2.57. The van der Waals surface area contributed by atoms with Crippen LogP contribution in [0.25, 0.3) is 0 Å². The molecule has 0 aliphatic carbocycles. The van der Waals surface area contributed by atoms with Crippen LogP contribution in [0.5, 0.6) is 5.75 Å². The zero-order valence-electron chi connectivity index (χ0n) is 10.9. The predicted molar refractivity (Wildman–Crippen MR) is 66.1 cm³/mol. The number of hydrogen-bond donors (Lipinski definition) is 1. The molecular weight excluding hydrogens is 218 g/mol. The van der Waals surface area contributed by atoms with Gasteiger partial charge < -0.3 is 14.6 Å². The largest absolute Gasteiger partial charge is 0.492 e. The molecule has 0 aliphatic heterocycles. The lowest BCUT2D eigenvalue weighted by molar-refractivity contribution is -0.0497. The summed E-state index contributed by atoms with van der Waals surface area (Å²) in [5.41, 5.74) is 0.451. The van der Waals surface area contributed by atoms with Crippen molar-refractivity contribution in [2.45, 2.75) is 39.4 Å². The fraction of sp³-hybridized carbons (Fsp3) is 0.615. The van der Waals surface area contributed by atoms with Crippen LogP contribution in [0.4, 0.5) is 0 Å². The van der Waals surface area contributed by atoms with Gasteiger partial charge in [0.05, 0.1) is 25.0 Å². The summed E-state index contributed by atoms with van der Waals surface area (Å²) in [6, 6.07) is 1.78. The van der Waals surface area contributed by atoms with E-state index in [9.17, 15) is 5.11 Å². The minimum Gasteiger partial charge on any atom is -0.492 e. The molecule has 0 saturated heterocycles. The van der Waals surface area contributed by atoms with Crippen LogP contribution in [0.2, 0.25) is 0 Å². The maximum absolute atomic E-state index is 9.96. The highest BCUT2D eigenvalue weighted by molar-refractivity contribution is 5.25. The molecule has 0 radical (unpaired) electrons. The Balaban J connectivity index is 2.62. The topological polar surface area (TPSA) is 51.6 Å². The van der Waals surface area contributed by atoms with E-state index in [4.69, 9.17) is 9.47 Å². The first-order chi connectivity index (χ1) is 7.92. The molecule has 1 aromatic rings. The Hall–Kier alpha value is -1.13. The smallest absolute Gasteiger partial charge is 0.137 e. The molecule has 17 heavy (non-hydrogen) atoms.